The lowest BCUT2D eigenvalue weighted by Gasteiger charge is -2.63. The summed E-state index contributed by atoms with van der Waals surface area (Å²) in [5.74, 6) is 1.85. The molecule has 200 valence electrons. The van der Waals surface area contributed by atoms with E-state index in [-0.39, 0.29) is 34.9 Å². The van der Waals surface area contributed by atoms with Crippen LogP contribution in [0.25, 0.3) is 0 Å². The molecule has 4 aliphatic rings. The molecule has 36 heavy (non-hydrogen) atoms. The molecule has 0 aliphatic heterocycles. The zero-order chi connectivity index (χ0) is 25.8. The third-order valence-corrected chi connectivity index (χ3v) is 11.5. The summed E-state index contributed by atoms with van der Waals surface area (Å²) in [6.07, 6.45) is 6.48. The number of rotatable bonds is 5. The minimum atomic E-state index is -0.392. The van der Waals surface area contributed by atoms with Crippen LogP contribution in [0.15, 0.2) is 24.3 Å². The summed E-state index contributed by atoms with van der Waals surface area (Å²) < 4.78 is 0. The van der Waals surface area contributed by atoms with Crippen LogP contribution in [0.4, 0.5) is 11.4 Å². The first kappa shape index (κ1) is 26.0. The number of carbonyl (C=O) groups is 1. The number of benzene rings is 1. The Morgan fingerprint density at radius 2 is 1.78 bits per heavy atom. The lowest BCUT2D eigenvalue weighted by atomic mass is 9.43. The number of fused-ring (bicyclic) bond motifs is 5. The van der Waals surface area contributed by atoms with Gasteiger partial charge in [-0.15, -0.1) is 0 Å². The van der Waals surface area contributed by atoms with Gasteiger partial charge in [0, 0.05) is 17.8 Å². The summed E-state index contributed by atoms with van der Waals surface area (Å²) in [6.45, 7) is 6.88. The molecule has 1 aromatic rings. The van der Waals surface area contributed by atoms with Crippen molar-refractivity contribution in [2.24, 2.45) is 46.3 Å². The molecule has 1 amide bonds. The molecule has 6 nitrogen and oxygen atoms in total. The van der Waals surface area contributed by atoms with Gasteiger partial charge in [-0.2, -0.15) is 0 Å². The number of amides is 1. The van der Waals surface area contributed by atoms with Crippen LogP contribution in [0.5, 0.6) is 0 Å². The number of anilines is 2. The second-order valence-corrected chi connectivity index (χ2v) is 13.2. The van der Waals surface area contributed by atoms with Crippen LogP contribution in [-0.2, 0) is 4.79 Å². The standard InChI is InChI=1S/C30H46N2O4/c1-17(4-11-27(36)32-20-7-5-19(31)6-8-20)22-9-10-23-28-24(16-26(35)30(22,23)3)29(2)13-12-21(33)14-18(29)15-25(28)34/h5-8,17-18,21-26,28,33-35H,4,9-16,31H2,1-3H3,(H,32,36)/t17-,18+,21-,22-,23+,24+,25-,26+,28+,29+,30-/m1/s1. The van der Waals surface area contributed by atoms with Gasteiger partial charge >= 0.3 is 0 Å². The van der Waals surface area contributed by atoms with Crippen LogP contribution in [0.2, 0.25) is 0 Å². The van der Waals surface area contributed by atoms with Crippen LogP contribution < -0.4 is 11.1 Å². The van der Waals surface area contributed by atoms with Gasteiger partial charge in [0.15, 0.2) is 0 Å². The molecule has 0 saturated heterocycles. The van der Waals surface area contributed by atoms with Crippen LogP contribution in [0.3, 0.4) is 0 Å². The summed E-state index contributed by atoms with van der Waals surface area (Å²) in [6, 6.07) is 7.21. The number of nitrogens with one attached hydrogen (secondary N) is 1. The Labute approximate surface area is 216 Å². The van der Waals surface area contributed by atoms with Gasteiger partial charge in [-0.05, 0) is 122 Å². The van der Waals surface area contributed by atoms with Crippen LogP contribution in [-0.4, -0.2) is 39.5 Å². The SMILES string of the molecule is C[C@H](CCC(=O)Nc1ccc(N)cc1)[C@H]1CC[C@H]2[C@@H]3[C@H](O)C[C@@H]4C[C@H](O)CC[C@]4(C)[C@H]3C[C@H](O)[C@]12C. The minimum absolute atomic E-state index is 0.0109. The molecule has 4 saturated carbocycles. The van der Waals surface area contributed by atoms with Gasteiger partial charge < -0.3 is 26.4 Å². The summed E-state index contributed by atoms with van der Waals surface area (Å²) in [4.78, 5) is 12.6. The molecule has 0 spiro atoms. The first-order chi connectivity index (χ1) is 17.0. The summed E-state index contributed by atoms with van der Waals surface area (Å²) in [7, 11) is 0. The van der Waals surface area contributed by atoms with Crippen LogP contribution >= 0.6 is 0 Å². The van der Waals surface area contributed by atoms with Crippen molar-refractivity contribution in [2.45, 2.75) is 96.9 Å². The highest BCUT2D eigenvalue weighted by Gasteiger charge is 2.65. The van der Waals surface area contributed by atoms with Crippen LogP contribution in [0.1, 0.15) is 78.6 Å². The predicted molar refractivity (Wildman–Crippen MR) is 142 cm³/mol. The fourth-order valence-electron chi connectivity index (χ4n) is 9.48. The predicted octanol–water partition coefficient (Wildman–Crippen LogP) is 4.59. The lowest BCUT2D eigenvalue weighted by molar-refractivity contribution is -0.207. The highest BCUT2D eigenvalue weighted by Crippen LogP contribution is 2.68. The molecule has 5 rings (SSSR count). The quantitative estimate of drug-likeness (QED) is 0.381. The van der Waals surface area contributed by atoms with Gasteiger partial charge in [0.05, 0.1) is 18.3 Å². The average molecular weight is 499 g/mol. The molecular formula is C30H46N2O4. The third kappa shape index (κ3) is 4.27. The fraction of sp³-hybridized carbons (Fsp3) is 0.767. The van der Waals surface area contributed by atoms with E-state index >= 15 is 0 Å². The maximum atomic E-state index is 12.6. The number of hydrogen-bond donors (Lipinski definition) is 5. The van der Waals surface area contributed by atoms with Gasteiger partial charge in [0.1, 0.15) is 0 Å². The van der Waals surface area contributed by atoms with Gasteiger partial charge in [-0.25, -0.2) is 0 Å². The highest BCUT2D eigenvalue weighted by atomic mass is 16.3. The molecule has 0 unspecified atom stereocenters. The topological polar surface area (TPSA) is 116 Å². The fourth-order valence-corrected chi connectivity index (χ4v) is 9.48. The van der Waals surface area contributed by atoms with Gasteiger partial charge in [0.25, 0.3) is 0 Å². The summed E-state index contributed by atoms with van der Waals surface area (Å²) in [5, 5.41) is 36.4. The van der Waals surface area contributed by atoms with Crippen molar-refractivity contribution < 1.29 is 20.1 Å². The van der Waals surface area contributed by atoms with Crippen molar-refractivity contribution in [3.63, 3.8) is 0 Å². The monoisotopic (exact) mass is 498 g/mol. The molecular weight excluding hydrogens is 452 g/mol. The Hall–Kier alpha value is -1.63. The van der Waals surface area contributed by atoms with Crippen molar-refractivity contribution in [3.05, 3.63) is 24.3 Å². The lowest BCUT2D eigenvalue weighted by Crippen LogP contribution is -2.62. The Morgan fingerprint density at radius 3 is 2.50 bits per heavy atom. The zero-order valence-corrected chi connectivity index (χ0v) is 22.2. The second kappa shape index (κ2) is 9.59. The number of aliphatic hydroxyl groups is 3. The number of nitrogen functional groups attached to an aromatic ring is 1. The van der Waals surface area contributed by atoms with E-state index in [9.17, 15) is 20.1 Å². The van der Waals surface area contributed by atoms with Crippen molar-refractivity contribution in [3.8, 4) is 0 Å². The molecule has 0 bridgehead atoms. The first-order valence-corrected chi connectivity index (χ1v) is 14.2. The van der Waals surface area contributed by atoms with Gasteiger partial charge in [0.2, 0.25) is 5.91 Å². The van der Waals surface area contributed by atoms with E-state index in [0.717, 1.165) is 57.1 Å². The van der Waals surface area contributed by atoms with Gasteiger partial charge in [-0.3, -0.25) is 4.79 Å². The van der Waals surface area contributed by atoms with E-state index in [2.05, 4.69) is 26.1 Å². The molecule has 0 radical (unpaired) electrons. The van der Waals surface area contributed by atoms with E-state index in [1.807, 2.05) is 12.1 Å². The van der Waals surface area contributed by atoms with Crippen molar-refractivity contribution in [1.29, 1.82) is 0 Å². The number of aliphatic hydroxyl groups excluding tert-OH is 3. The number of carbonyl (C=O) groups excluding carboxylic acids is 1. The van der Waals surface area contributed by atoms with E-state index < -0.39 is 6.10 Å². The highest BCUT2D eigenvalue weighted by molar-refractivity contribution is 5.90. The minimum Gasteiger partial charge on any atom is -0.399 e. The third-order valence-electron chi connectivity index (χ3n) is 11.5. The van der Waals surface area contributed by atoms with E-state index in [1.54, 1.807) is 12.1 Å². The molecule has 11 atom stereocenters. The number of nitrogens with two attached hydrogens (primary N) is 1. The van der Waals surface area contributed by atoms with Crippen LogP contribution in [0, 0.1) is 46.3 Å². The summed E-state index contributed by atoms with van der Waals surface area (Å²) >= 11 is 0. The van der Waals surface area contributed by atoms with Crippen molar-refractivity contribution in [1.82, 2.24) is 0 Å². The molecule has 4 fully saturated rings. The van der Waals surface area contributed by atoms with E-state index in [1.165, 1.54) is 0 Å². The summed E-state index contributed by atoms with van der Waals surface area (Å²) in [5.41, 5.74) is 7.04. The number of hydrogen-bond acceptors (Lipinski definition) is 5. The van der Waals surface area contributed by atoms with Crippen molar-refractivity contribution in [2.75, 3.05) is 11.1 Å². The second-order valence-electron chi connectivity index (χ2n) is 13.2. The maximum absolute atomic E-state index is 12.6. The Kier molecular flexibility index (Phi) is 6.93. The molecule has 6 N–H and O–H groups in total. The Bertz CT molecular complexity index is 953. The van der Waals surface area contributed by atoms with E-state index in [0.29, 0.717) is 41.7 Å². The largest absolute Gasteiger partial charge is 0.399 e. The Morgan fingerprint density at radius 1 is 1.06 bits per heavy atom. The van der Waals surface area contributed by atoms with Crippen molar-refractivity contribution >= 4 is 17.3 Å². The maximum Gasteiger partial charge on any atom is 0.224 e. The normalized spacial score (nSPS) is 44.7. The van der Waals surface area contributed by atoms with E-state index in [4.69, 9.17) is 5.73 Å². The zero-order valence-electron chi connectivity index (χ0n) is 22.2. The van der Waals surface area contributed by atoms with Gasteiger partial charge in [-0.1, -0.05) is 20.8 Å². The smallest absolute Gasteiger partial charge is 0.224 e. The molecule has 0 aromatic heterocycles. The molecule has 1 aromatic carbocycles. The molecule has 0 heterocycles. The first-order valence-electron chi connectivity index (χ1n) is 14.2. The molecule has 4 aliphatic carbocycles. The molecule has 6 heteroatoms. The average Bonchev–Trinajstić information content (AvgIpc) is 3.19. The Balaban J connectivity index is 1.27.